The van der Waals surface area contributed by atoms with E-state index in [-0.39, 0.29) is 12.5 Å². The van der Waals surface area contributed by atoms with Crippen LogP contribution in [0.2, 0.25) is 0 Å². The van der Waals surface area contributed by atoms with Gasteiger partial charge in [-0.2, -0.15) is 0 Å². The van der Waals surface area contributed by atoms with Crippen LogP contribution < -0.4 is 5.32 Å². The van der Waals surface area contributed by atoms with Crippen LogP contribution in [0, 0.1) is 0 Å². The van der Waals surface area contributed by atoms with Crippen LogP contribution in [-0.2, 0) is 23.4 Å². The lowest BCUT2D eigenvalue weighted by molar-refractivity contribution is -0.127. The molecule has 2 N–H and O–H groups in total. The van der Waals surface area contributed by atoms with E-state index < -0.39 is 5.41 Å². The molecule has 0 aliphatic heterocycles. The molecule has 0 saturated carbocycles. The van der Waals surface area contributed by atoms with Crippen molar-refractivity contribution < 1.29 is 9.90 Å². The van der Waals surface area contributed by atoms with E-state index in [1.807, 2.05) is 54.6 Å². The summed E-state index contributed by atoms with van der Waals surface area (Å²) in [4.78, 5) is 12.9. The van der Waals surface area contributed by atoms with E-state index in [9.17, 15) is 9.90 Å². The Morgan fingerprint density at radius 2 is 1.52 bits per heavy atom. The smallest absolute Gasteiger partial charge is 0.230 e. The average Bonchev–Trinajstić information content (AvgIpc) is 2.62. The summed E-state index contributed by atoms with van der Waals surface area (Å²) in [6.07, 6.45) is 1.50. The maximum Gasteiger partial charge on any atom is 0.230 e. The number of benzene rings is 2. The summed E-state index contributed by atoms with van der Waals surface area (Å²) in [6.45, 7) is 4.52. The van der Waals surface area contributed by atoms with E-state index in [1.165, 1.54) is 0 Å². The Balaban J connectivity index is 2.19. The largest absolute Gasteiger partial charge is 0.392 e. The molecule has 3 heteroatoms. The molecular weight excluding hydrogens is 286 g/mol. The lowest BCUT2D eigenvalue weighted by atomic mass is 9.75. The van der Waals surface area contributed by atoms with Crippen molar-refractivity contribution in [3.8, 4) is 0 Å². The molecule has 0 spiro atoms. The van der Waals surface area contributed by atoms with E-state index in [4.69, 9.17) is 0 Å². The SMILES string of the molecule is CCC(CC)(C(=O)NCc1ccccc1CO)c1ccccc1. The molecule has 0 aliphatic rings. The Kier molecular flexibility index (Phi) is 5.94. The molecule has 0 radical (unpaired) electrons. The van der Waals surface area contributed by atoms with Gasteiger partial charge in [-0.1, -0.05) is 68.4 Å². The van der Waals surface area contributed by atoms with Crippen molar-refractivity contribution in [3.63, 3.8) is 0 Å². The Morgan fingerprint density at radius 3 is 2.09 bits per heavy atom. The molecule has 0 unspecified atom stereocenters. The molecule has 0 atom stereocenters. The molecule has 1 amide bonds. The summed E-state index contributed by atoms with van der Waals surface area (Å²) in [7, 11) is 0. The van der Waals surface area contributed by atoms with Gasteiger partial charge in [0.1, 0.15) is 0 Å². The summed E-state index contributed by atoms with van der Waals surface area (Å²) < 4.78 is 0. The van der Waals surface area contributed by atoms with Crippen LogP contribution in [0.15, 0.2) is 54.6 Å². The predicted octanol–water partition coefficient (Wildman–Crippen LogP) is 3.55. The zero-order valence-electron chi connectivity index (χ0n) is 13.9. The van der Waals surface area contributed by atoms with Crippen LogP contribution >= 0.6 is 0 Å². The maximum atomic E-state index is 12.9. The van der Waals surface area contributed by atoms with Gasteiger partial charge in [0.15, 0.2) is 0 Å². The zero-order valence-corrected chi connectivity index (χ0v) is 13.9. The van der Waals surface area contributed by atoms with Gasteiger partial charge in [-0.3, -0.25) is 4.79 Å². The molecule has 2 aromatic carbocycles. The Bertz CT molecular complexity index is 633. The Morgan fingerprint density at radius 1 is 0.957 bits per heavy atom. The molecule has 2 aromatic rings. The minimum Gasteiger partial charge on any atom is -0.392 e. The minimum atomic E-state index is -0.505. The van der Waals surface area contributed by atoms with Gasteiger partial charge in [-0.15, -0.1) is 0 Å². The number of nitrogens with one attached hydrogen (secondary N) is 1. The monoisotopic (exact) mass is 311 g/mol. The average molecular weight is 311 g/mol. The molecule has 2 rings (SSSR count). The number of amides is 1. The molecule has 3 nitrogen and oxygen atoms in total. The first kappa shape index (κ1) is 17.2. The first-order chi connectivity index (χ1) is 11.2. The normalized spacial score (nSPS) is 11.3. The van der Waals surface area contributed by atoms with Crippen molar-refractivity contribution in [3.05, 3.63) is 71.3 Å². The van der Waals surface area contributed by atoms with Gasteiger partial charge in [0.2, 0.25) is 5.91 Å². The second-order valence-electron chi connectivity index (χ2n) is 5.76. The van der Waals surface area contributed by atoms with Crippen molar-refractivity contribution >= 4 is 5.91 Å². The fourth-order valence-electron chi connectivity index (χ4n) is 3.10. The molecule has 0 bridgehead atoms. The third-order valence-electron chi connectivity index (χ3n) is 4.70. The predicted molar refractivity (Wildman–Crippen MR) is 92.9 cm³/mol. The number of hydrogen-bond acceptors (Lipinski definition) is 2. The quantitative estimate of drug-likeness (QED) is 0.821. The fraction of sp³-hybridized carbons (Fsp3) is 0.350. The molecule has 0 fully saturated rings. The van der Waals surface area contributed by atoms with E-state index in [2.05, 4.69) is 19.2 Å². The number of aliphatic hydroxyl groups excluding tert-OH is 1. The lowest BCUT2D eigenvalue weighted by Gasteiger charge is -2.31. The Labute approximate surface area is 138 Å². The molecular formula is C20H25NO2. The highest BCUT2D eigenvalue weighted by molar-refractivity contribution is 5.88. The summed E-state index contributed by atoms with van der Waals surface area (Å²) in [6, 6.07) is 17.6. The minimum absolute atomic E-state index is 0.0164. The van der Waals surface area contributed by atoms with Crippen molar-refractivity contribution in [2.75, 3.05) is 0 Å². The van der Waals surface area contributed by atoms with Crippen molar-refractivity contribution in [2.24, 2.45) is 0 Å². The highest BCUT2D eigenvalue weighted by atomic mass is 16.3. The van der Waals surface area contributed by atoms with Crippen LogP contribution in [0.25, 0.3) is 0 Å². The standard InChI is InChI=1S/C20H25NO2/c1-3-20(4-2,18-12-6-5-7-13-18)19(23)21-14-16-10-8-9-11-17(16)15-22/h5-13,22H,3-4,14-15H2,1-2H3,(H,21,23). The summed E-state index contributed by atoms with van der Waals surface area (Å²) in [5.41, 5.74) is 2.36. The highest BCUT2D eigenvalue weighted by Gasteiger charge is 2.36. The number of aliphatic hydroxyl groups is 1. The number of rotatable bonds is 7. The first-order valence-corrected chi connectivity index (χ1v) is 8.19. The van der Waals surface area contributed by atoms with E-state index in [0.717, 1.165) is 29.5 Å². The molecule has 0 aliphatic carbocycles. The summed E-state index contributed by atoms with van der Waals surface area (Å²) in [5.74, 6) is 0.0430. The molecule has 0 saturated heterocycles. The fourth-order valence-corrected chi connectivity index (χ4v) is 3.10. The van der Waals surface area contributed by atoms with E-state index in [1.54, 1.807) is 0 Å². The van der Waals surface area contributed by atoms with Gasteiger partial charge >= 0.3 is 0 Å². The third kappa shape index (κ3) is 3.62. The van der Waals surface area contributed by atoms with Crippen LogP contribution in [0.1, 0.15) is 43.4 Å². The summed E-state index contributed by atoms with van der Waals surface area (Å²) in [5, 5.41) is 12.5. The van der Waals surface area contributed by atoms with Crippen LogP contribution in [-0.4, -0.2) is 11.0 Å². The van der Waals surface area contributed by atoms with Crippen LogP contribution in [0.3, 0.4) is 0 Å². The molecule has 122 valence electrons. The van der Waals surface area contributed by atoms with E-state index in [0.29, 0.717) is 6.54 Å². The Hall–Kier alpha value is -2.13. The topological polar surface area (TPSA) is 49.3 Å². The summed E-state index contributed by atoms with van der Waals surface area (Å²) >= 11 is 0. The van der Waals surface area contributed by atoms with Gasteiger partial charge in [-0.25, -0.2) is 0 Å². The first-order valence-electron chi connectivity index (χ1n) is 8.19. The van der Waals surface area contributed by atoms with Gasteiger partial charge in [-0.05, 0) is 29.5 Å². The van der Waals surface area contributed by atoms with Gasteiger partial charge < -0.3 is 10.4 Å². The maximum absolute atomic E-state index is 12.9. The third-order valence-corrected chi connectivity index (χ3v) is 4.70. The van der Waals surface area contributed by atoms with Crippen molar-refractivity contribution in [2.45, 2.75) is 45.3 Å². The van der Waals surface area contributed by atoms with Crippen molar-refractivity contribution in [1.82, 2.24) is 5.32 Å². The number of hydrogen-bond donors (Lipinski definition) is 2. The molecule has 0 heterocycles. The van der Waals surface area contributed by atoms with E-state index >= 15 is 0 Å². The lowest BCUT2D eigenvalue weighted by Crippen LogP contribution is -2.43. The molecule has 23 heavy (non-hydrogen) atoms. The highest BCUT2D eigenvalue weighted by Crippen LogP contribution is 2.32. The van der Waals surface area contributed by atoms with Gasteiger partial charge in [0.05, 0.1) is 12.0 Å². The zero-order chi connectivity index (χ0) is 16.7. The number of carbonyl (C=O) groups is 1. The number of carbonyl (C=O) groups excluding carboxylic acids is 1. The second kappa shape index (κ2) is 7.93. The van der Waals surface area contributed by atoms with Crippen molar-refractivity contribution in [1.29, 1.82) is 0 Å². The molecule has 0 aromatic heterocycles. The van der Waals surface area contributed by atoms with Gasteiger partial charge in [0.25, 0.3) is 0 Å². The van der Waals surface area contributed by atoms with Crippen LogP contribution in [0.5, 0.6) is 0 Å². The second-order valence-corrected chi connectivity index (χ2v) is 5.76. The van der Waals surface area contributed by atoms with Gasteiger partial charge in [0, 0.05) is 6.54 Å². The van der Waals surface area contributed by atoms with Crippen LogP contribution in [0.4, 0.5) is 0 Å².